The average Bonchev–Trinajstić information content (AvgIpc) is 3.17. The molecule has 1 aliphatic heterocycles. The van der Waals surface area contributed by atoms with Gasteiger partial charge in [0.1, 0.15) is 10.6 Å². The minimum Gasteiger partial charge on any atom is -0.383 e. The highest BCUT2D eigenvalue weighted by Gasteiger charge is 2.37. The third-order valence-corrected chi connectivity index (χ3v) is 7.79. The molecule has 3 heterocycles. The van der Waals surface area contributed by atoms with Crippen LogP contribution in [0.4, 0.5) is 11.6 Å². The normalized spacial score (nSPS) is 19.9. The number of rotatable bonds is 5. The molecule has 3 aromatic rings. The first-order chi connectivity index (χ1) is 16.0. The van der Waals surface area contributed by atoms with Crippen molar-refractivity contribution in [3.8, 4) is 10.4 Å². The molecule has 34 heavy (non-hydrogen) atoms. The molecule has 7 heteroatoms. The third kappa shape index (κ3) is 5.65. The van der Waals surface area contributed by atoms with Crippen LogP contribution in [0.15, 0.2) is 36.7 Å². The van der Waals surface area contributed by atoms with Crippen LogP contribution in [0.1, 0.15) is 76.1 Å². The van der Waals surface area contributed by atoms with Gasteiger partial charge in [-0.15, -0.1) is 11.3 Å². The van der Waals surface area contributed by atoms with Crippen molar-refractivity contribution in [3.05, 3.63) is 52.9 Å². The van der Waals surface area contributed by atoms with Crippen molar-refractivity contribution in [2.75, 3.05) is 18.4 Å². The molecule has 0 aliphatic carbocycles. The molecule has 4 rings (SSSR count). The van der Waals surface area contributed by atoms with E-state index in [1.54, 1.807) is 17.5 Å². The van der Waals surface area contributed by atoms with E-state index in [2.05, 4.69) is 79.9 Å². The highest BCUT2D eigenvalue weighted by atomic mass is 32.1. The Balaban J connectivity index is 1.55. The summed E-state index contributed by atoms with van der Waals surface area (Å²) in [5.74, 6) is 0.946. The van der Waals surface area contributed by atoms with Gasteiger partial charge in [0.2, 0.25) is 5.95 Å². The number of hydrogen-bond acceptors (Lipinski definition) is 7. The Bertz CT molecular complexity index is 1140. The van der Waals surface area contributed by atoms with Crippen molar-refractivity contribution in [2.24, 2.45) is 0 Å². The molecule has 1 atom stereocenters. The SMILES string of the molecule is Cc1cc(Nc2nccc(C(C)C)n2)cc(-c2cnc(C3(O)CCCN(C(C)(C)C)CC3)s2)c1. The largest absolute Gasteiger partial charge is 0.383 e. The van der Waals surface area contributed by atoms with Crippen molar-refractivity contribution in [3.63, 3.8) is 0 Å². The maximum absolute atomic E-state index is 11.5. The van der Waals surface area contributed by atoms with E-state index in [0.29, 0.717) is 18.3 Å². The molecule has 6 nitrogen and oxygen atoms in total. The van der Waals surface area contributed by atoms with E-state index in [1.807, 2.05) is 12.3 Å². The third-order valence-electron chi connectivity index (χ3n) is 6.55. The molecule has 0 saturated carbocycles. The lowest BCUT2D eigenvalue weighted by molar-refractivity contribution is 0.0177. The van der Waals surface area contributed by atoms with Gasteiger partial charge in [-0.2, -0.15) is 0 Å². The van der Waals surface area contributed by atoms with Crippen LogP contribution in [-0.4, -0.2) is 43.6 Å². The van der Waals surface area contributed by atoms with Crippen molar-refractivity contribution in [2.45, 2.75) is 77.9 Å². The molecule has 1 unspecified atom stereocenters. The molecule has 2 N–H and O–H groups in total. The summed E-state index contributed by atoms with van der Waals surface area (Å²) in [6.45, 7) is 15.0. The average molecular weight is 480 g/mol. The van der Waals surface area contributed by atoms with Gasteiger partial charge in [0.15, 0.2) is 0 Å². The van der Waals surface area contributed by atoms with Gasteiger partial charge in [-0.3, -0.25) is 4.90 Å². The van der Waals surface area contributed by atoms with Gasteiger partial charge in [-0.05, 0) is 88.7 Å². The molecule has 0 spiro atoms. The Morgan fingerprint density at radius 2 is 1.91 bits per heavy atom. The minimum absolute atomic E-state index is 0.114. The second-order valence-corrected chi connectivity index (χ2v) is 11.8. The first-order valence-corrected chi connectivity index (χ1v) is 13.0. The Labute approximate surface area is 207 Å². The second kappa shape index (κ2) is 9.72. The van der Waals surface area contributed by atoms with E-state index in [9.17, 15) is 5.11 Å². The summed E-state index contributed by atoms with van der Waals surface area (Å²) < 4.78 is 0. The summed E-state index contributed by atoms with van der Waals surface area (Å²) in [6, 6.07) is 8.31. The lowest BCUT2D eigenvalue weighted by Gasteiger charge is -2.35. The number of nitrogens with one attached hydrogen (secondary N) is 1. The van der Waals surface area contributed by atoms with Gasteiger partial charge in [0, 0.05) is 35.9 Å². The first-order valence-electron chi connectivity index (χ1n) is 12.2. The molecule has 0 bridgehead atoms. The molecular formula is C27H37N5OS. The molecule has 1 saturated heterocycles. The molecular weight excluding hydrogens is 442 g/mol. The van der Waals surface area contributed by atoms with Gasteiger partial charge >= 0.3 is 0 Å². The number of likely N-dealkylation sites (tertiary alicyclic amines) is 1. The van der Waals surface area contributed by atoms with Gasteiger partial charge in [-0.1, -0.05) is 19.9 Å². The summed E-state index contributed by atoms with van der Waals surface area (Å²) in [4.78, 5) is 17.2. The monoisotopic (exact) mass is 479 g/mol. The van der Waals surface area contributed by atoms with Gasteiger partial charge in [0.05, 0.1) is 4.88 Å². The maximum Gasteiger partial charge on any atom is 0.227 e. The smallest absolute Gasteiger partial charge is 0.227 e. The summed E-state index contributed by atoms with van der Waals surface area (Å²) in [5.41, 5.74) is 3.43. The summed E-state index contributed by atoms with van der Waals surface area (Å²) in [7, 11) is 0. The topological polar surface area (TPSA) is 74.2 Å². The van der Waals surface area contributed by atoms with Crippen LogP contribution in [0.3, 0.4) is 0 Å². The van der Waals surface area contributed by atoms with Crippen LogP contribution in [0.25, 0.3) is 10.4 Å². The van der Waals surface area contributed by atoms with E-state index in [4.69, 9.17) is 4.98 Å². The molecule has 0 amide bonds. The molecule has 1 fully saturated rings. The van der Waals surface area contributed by atoms with E-state index < -0.39 is 5.60 Å². The Morgan fingerprint density at radius 1 is 1.12 bits per heavy atom. The number of thiazole rings is 1. The number of benzene rings is 1. The predicted octanol–water partition coefficient (Wildman–Crippen LogP) is 6.25. The van der Waals surface area contributed by atoms with Crippen LogP contribution in [0, 0.1) is 6.92 Å². The fourth-order valence-electron chi connectivity index (χ4n) is 4.51. The van der Waals surface area contributed by atoms with Crippen LogP contribution in [-0.2, 0) is 5.60 Å². The zero-order valence-electron chi connectivity index (χ0n) is 21.2. The number of nitrogens with zero attached hydrogens (tertiary/aromatic N) is 4. The van der Waals surface area contributed by atoms with Gasteiger partial charge in [0.25, 0.3) is 0 Å². The highest BCUT2D eigenvalue weighted by Crippen LogP contribution is 2.39. The number of anilines is 2. The van der Waals surface area contributed by atoms with Crippen LogP contribution < -0.4 is 5.32 Å². The van der Waals surface area contributed by atoms with Crippen molar-refractivity contribution >= 4 is 23.0 Å². The van der Waals surface area contributed by atoms with E-state index in [-0.39, 0.29) is 5.54 Å². The number of hydrogen-bond donors (Lipinski definition) is 2. The summed E-state index contributed by atoms with van der Waals surface area (Å²) in [5, 5.41) is 15.7. The van der Waals surface area contributed by atoms with E-state index >= 15 is 0 Å². The highest BCUT2D eigenvalue weighted by molar-refractivity contribution is 7.15. The molecule has 2 aromatic heterocycles. The quantitative estimate of drug-likeness (QED) is 0.451. The summed E-state index contributed by atoms with van der Waals surface area (Å²) in [6.07, 6.45) is 6.12. The van der Waals surface area contributed by atoms with Gasteiger partial charge < -0.3 is 10.4 Å². The number of aromatic nitrogens is 3. The van der Waals surface area contributed by atoms with Crippen LogP contribution >= 0.6 is 11.3 Å². The second-order valence-electron chi connectivity index (χ2n) is 10.7. The molecule has 0 radical (unpaired) electrons. The van der Waals surface area contributed by atoms with Crippen LogP contribution in [0.5, 0.6) is 0 Å². The minimum atomic E-state index is -0.862. The van der Waals surface area contributed by atoms with Crippen molar-refractivity contribution in [1.82, 2.24) is 19.9 Å². The maximum atomic E-state index is 11.5. The van der Waals surface area contributed by atoms with Gasteiger partial charge in [-0.25, -0.2) is 15.0 Å². The zero-order valence-corrected chi connectivity index (χ0v) is 22.0. The Morgan fingerprint density at radius 3 is 2.65 bits per heavy atom. The number of aryl methyl sites for hydroxylation is 1. The molecule has 182 valence electrons. The van der Waals surface area contributed by atoms with Crippen molar-refractivity contribution < 1.29 is 5.11 Å². The molecule has 1 aromatic carbocycles. The lowest BCUT2D eigenvalue weighted by atomic mass is 9.96. The van der Waals surface area contributed by atoms with E-state index in [0.717, 1.165) is 58.3 Å². The Kier molecular flexibility index (Phi) is 7.08. The van der Waals surface area contributed by atoms with E-state index in [1.165, 1.54) is 0 Å². The number of aliphatic hydroxyl groups is 1. The zero-order chi connectivity index (χ0) is 24.5. The fraction of sp³-hybridized carbons (Fsp3) is 0.519. The fourth-order valence-corrected chi connectivity index (χ4v) is 5.56. The van der Waals surface area contributed by atoms with Crippen molar-refractivity contribution in [1.29, 1.82) is 0 Å². The molecule has 1 aliphatic rings. The standard InChI is InChI=1S/C27H37N5OS/c1-18(2)22-8-11-28-25(31-22)30-21-15-19(3)14-20(16-21)23-17-29-24(34-23)27(33)9-7-12-32(13-10-27)26(4,5)6/h8,11,14-18,33H,7,9-10,12-13H2,1-6H3,(H,28,30,31). The first kappa shape index (κ1) is 24.8. The summed E-state index contributed by atoms with van der Waals surface area (Å²) >= 11 is 1.60. The van der Waals surface area contributed by atoms with Crippen LogP contribution in [0.2, 0.25) is 0 Å². The lowest BCUT2D eigenvalue weighted by Crippen LogP contribution is -2.42. The predicted molar refractivity (Wildman–Crippen MR) is 141 cm³/mol. The Hall–Kier alpha value is -2.35.